The molecule has 0 aliphatic carbocycles. The number of aliphatic imine (C=N–C) groups is 1. The number of benzene rings is 2. The Morgan fingerprint density at radius 3 is 2.15 bits per heavy atom. The number of hydrogen-bond donors (Lipinski definition) is 0. The molecule has 6 rings (SSSR count). The van der Waals surface area contributed by atoms with Gasteiger partial charge in [0.05, 0.1) is 23.1 Å². The molecule has 0 saturated carbocycles. The predicted molar refractivity (Wildman–Crippen MR) is 134 cm³/mol. The first kappa shape index (κ1) is 20.5. The minimum absolute atomic E-state index is 0.361. The van der Waals surface area contributed by atoms with Gasteiger partial charge in [0.1, 0.15) is 11.5 Å². The lowest BCUT2D eigenvalue weighted by molar-refractivity contribution is 0.471. The van der Waals surface area contributed by atoms with E-state index in [1.807, 2.05) is 24.4 Å². The van der Waals surface area contributed by atoms with E-state index in [2.05, 4.69) is 76.1 Å². The summed E-state index contributed by atoms with van der Waals surface area (Å²) in [7, 11) is 0. The Morgan fingerprint density at radius 2 is 1.50 bits per heavy atom. The molecule has 5 heteroatoms. The zero-order chi connectivity index (χ0) is 23.1. The first-order valence-electron chi connectivity index (χ1n) is 11.4. The Bertz CT molecular complexity index is 1460. The molecular weight excluding hydrogens is 423 g/mol. The molecule has 4 nitrogen and oxygen atoms in total. The number of fused-ring (bicyclic) bond motifs is 3. The van der Waals surface area contributed by atoms with Crippen molar-refractivity contribution in [2.75, 3.05) is 6.54 Å². The summed E-state index contributed by atoms with van der Waals surface area (Å²) >= 11 is 0. The second-order valence-corrected chi connectivity index (χ2v) is 8.71. The van der Waals surface area contributed by atoms with Crippen molar-refractivity contribution in [1.82, 2.24) is 14.5 Å². The molecule has 4 heterocycles. The van der Waals surface area contributed by atoms with Crippen LogP contribution in [-0.2, 0) is 12.0 Å². The quantitative estimate of drug-likeness (QED) is 0.339. The molecule has 166 valence electrons. The summed E-state index contributed by atoms with van der Waals surface area (Å²) in [5, 5.41) is 1.06. The molecule has 0 bridgehead atoms. The van der Waals surface area contributed by atoms with Crippen LogP contribution >= 0.6 is 0 Å². The van der Waals surface area contributed by atoms with Gasteiger partial charge in [-0.05, 0) is 42.3 Å². The van der Waals surface area contributed by atoms with Crippen molar-refractivity contribution in [3.63, 3.8) is 0 Å². The highest BCUT2D eigenvalue weighted by atomic mass is 19.1. The standard InChI is InChI=1S/C29H23FN4/c1-29(20-8-4-2-5-9-20,21-10-6-3-7-11-21)34-27-16-17-31-19-24(27)23-13-15-26(33-28(23)34)25-14-12-22(30)18-32-25/h2-15,18-19H,16-17H2,1H3. The average Bonchev–Trinajstić information content (AvgIpc) is 3.24. The van der Waals surface area contributed by atoms with E-state index in [9.17, 15) is 4.39 Å². The normalized spacial score (nSPS) is 13.2. The zero-order valence-electron chi connectivity index (χ0n) is 18.8. The van der Waals surface area contributed by atoms with Gasteiger partial charge in [0.15, 0.2) is 0 Å². The SMILES string of the molecule is CC(c1ccccc1)(c1ccccc1)n1c2c(c3ccc(-c4ccc(F)cn4)nc31)C=NCC2. The fourth-order valence-electron chi connectivity index (χ4n) is 5.05. The molecule has 0 N–H and O–H groups in total. The van der Waals surface area contributed by atoms with Crippen LogP contribution < -0.4 is 0 Å². The highest BCUT2D eigenvalue weighted by Gasteiger charge is 2.36. The van der Waals surface area contributed by atoms with Crippen LogP contribution in [0, 0.1) is 5.82 Å². The molecular formula is C29H23FN4. The van der Waals surface area contributed by atoms with Crippen molar-refractivity contribution in [3.8, 4) is 11.4 Å². The van der Waals surface area contributed by atoms with Gasteiger partial charge in [0.2, 0.25) is 0 Å². The Labute approximate surface area is 197 Å². The largest absolute Gasteiger partial charge is 0.315 e. The molecule has 1 aliphatic heterocycles. The van der Waals surface area contributed by atoms with Gasteiger partial charge in [-0.3, -0.25) is 9.98 Å². The lowest BCUT2D eigenvalue weighted by atomic mass is 9.83. The van der Waals surface area contributed by atoms with Crippen LogP contribution in [0.4, 0.5) is 4.39 Å². The third-order valence-corrected chi connectivity index (χ3v) is 6.76. The van der Waals surface area contributed by atoms with Gasteiger partial charge in [-0.25, -0.2) is 9.37 Å². The van der Waals surface area contributed by atoms with Gasteiger partial charge in [-0.2, -0.15) is 0 Å². The average molecular weight is 447 g/mol. The van der Waals surface area contributed by atoms with Crippen molar-refractivity contribution in [2.45, 2.75) is 18.9 Å². The lowest BCUT2D eigenvalue weighted by Gasteiger charge is -2.35. The summed E-state index contributed by atoms with van der Waals surface area (Å²) in [6.07, 6.45) is 4.04. The van der Waals surface area contributed by atoms with Crippen LogP contribution in [0.15, 0.2) is 96.1 Å². The monoisotopic (exact) mass is 446 g/mol. The van der Waals surface area contributed by atoms with Crippen LogP contribution in [0.1, 0.15) is 29.3 Å². The Morgan fingerprint density at radius 1 is 0.824 bits per heavy atom. The van der Waals surface area contributed by atoms with Gasteiger partial charge >= 0.3 is 0 Å². The Balaban J connectivity index is 1.70. The summed E-state index contributed by atoms with van der Waals surface area (Å²) < 4.78 is 15.9. The van der Waals surface area contributed by atoms with E-state index >= 15 is 0 Å². The van der Waals surface area contributed by atoms with Gasteiger partial charge in [0.25, 0.3) is 0 Å². The molecule has 2 aromatic carbocycles. The van der Waals surface area contributed by atoms with Gasteiger partial charge in [-0.15, -0.1) is 0 Å². The van der Waals surface area contributed by atoms with Crippen LogP contribution in [0.3, 0.4) is 0 Å². The van der Waals surface area contributed by atoms with Crippen molar-refractivity contribution in [1.29, 1.82) is 0 Å². The maximum atomic E-state index is 13.5. The summed E-state index contributed by atoms with van der Waals surface area (Å²) in [5.74, 6) is -0.361. The van der Waals surface area contributed by atoms with E-state index in [0.717, 1.165) is 29.6 Å². The maximum absolute atomic E-state index is 13.5. The molecule has 3 aromatic heterocycles. The topological polar surface area (TPSA) is 43.1 Å². The molecule has 1 aliphatic rings. The van der Waals surface area contributed by atoms with Gasteiger partial charge in [-0.1, -0.05) is 60.7 Å². The molecule has 0 radical (unpaired) electrons. The number of nitrogens with zero attached hydrogens (tertiary/aromatic N) is 4. The number of pyridine rings is 2. The number of halogens is 1. The first-order chi connectivity index (χ1) is 16.7. The van der Waals surface area contributed by atoms with Crippen LogP contribution in [0.2, 0.25) is 0 Å². The van der Waals surface area contributed by atoms with Crippen LogP contribution in [0.25, 0.3) is 22.4 Å². The summed E-state index contributed by atoms with van der Waals surface area (Å²) in [6, 6.07) is 28.2. The van der Waals surface area contributed by atoms with E-state index in [1.165, 1.54) is 29.1 Å². The van der Waals surface area contributed by atoms with E-state index in [0.29, 0.717) is 11.4 Å². The molecule has 0 unspecified atom stereocenters. The molecule has 0 atom stereocenters. The summed E-state index contributed by atoms with van der Waals surface area (Å²) in [6.45, 7) is 3.00. The summed E-state index contributed by atoms with van der Waals surface area (Å²) in [5.41, 5.74) is 6.42. The number of rotatable bonds is 4. The Hall–Kier alpha value is -4.12. The van der Waals surface area contributed by atoms with E-state index in [-0.39, 0.29) is 5.82 Å². The predicted octanol–water partition coefficient (Wildman–Crippen LogP) is 6.02. The maximum Gasteiger partial charge on any atom is 0.142 e. The second-order valence-electron chi connectivity index (χ2n) is 8.71. The van der Waals surface area contributed by atoms with Gasteiger partial charge in [0, 0.05) is 35.8 Å². The van der Waals surface area contributed by atoms with Gasteiger partial charge < -0.3 is 4.57 Å². The highest BCUT2D eigenvalue weighted by Crippen LogP contribution is 2.41. The molecule has 0 spiro atoms. The molecule has 0 fully saturated rings. The first-order valence-corrected chi connectivity index (χ1v) is 11.4. The second kappa shape index (κ2) is 8.03. The molecule has 34 heavy (non-hydrogen) atoms. The minimum atomic E-state index is -0.499. The molecule has 5 aromatic rings. The third kappa shape index (κ3) is 3.16. The van der Waals surface area contributed by atoms with Crippen LogP contribution in [0.5, 0.6) is 0 Å². The highest BCUT2D eigenvalue weighted by molar-refractivity contribution is 6.01. The summed E-state index contributed by atoms with van der Waals surface area (Å²) in [4.78, 5) is 14.0. The fraction of sp³-hybridized carbons (Fsp3) is 0.138. The van der Waals surface area contributed by atoms with Crippen molar-refractivity contribution in [3.05, 3.63) is 119 Å². The smallest absolute Gasteiger partial charge is 0.142 e. The van der Waals surface area contributed by atoms with E-state index in [1.54, 1.807) is 6.07 Å². The number of aromatic nitrogens is 3. The van der Waals surface area contributed by atoms with Crippen molar-refractivity contribution < 1.29 is 4.39 Å². The third-order valence-electron chi connectivity index (χ3n) is 6.76. The molecule has 0 amide bonds. The Kier molecular flexibility index (Phi) is 4.84. The van der Waals surface area contributed by atoms with Crippen molar-refractivity contribution in [2.24, 2.45) is 4.99 Å². The van der Waals surface area contributed by atoms with Crippen molar-refractivity contribution >= 4 is 17.2 Å². The minimum Gasteiger partial charge on any atom is -0.315 e. The fourth-order valence-corrected chi connectivity index (χ4v) is 5.05. The zero-order valence-corrected chi connectivity index (χ0v) is 18.8. The van der Waals surface area contributed by atoms with E-state index in [4.69, 9.17) is 4.98 Å². The molecule has 0 saturated heterocycles. The lowest BCUT2D eigenvalue weighted by Crippen LogP contribution is -2.35. The van der Waals surface area contributed by atoms with Crippen LogP contribution in [-0.4, -0.2) is 27.3 Å². The number of hydrogen-bond acceptors (Lipinski definition) is 3. The van der Waals surface area contributed by atoms with E-state index < -0.39 is 5.54 Å².